The molecule has 6 nitrogen and oxygen atoms in total. The lowest BCUT2D eigenvalue weighted by molar-refractivity contribution is 0.0696. The monoisotopic (exact) mass is 270 g/mol. The number of nitrogens with zero attached hydrogens (tertiary/aromatic N) is 1. The Bertz CT molecular complexity index is 584. The number of nitrogens with one attached hydrogen (secondary N) is 1. The molecule has 0 saturated carbocycles. The summed E-state index contributed by atoms with van der Waals surface area (Å²) in [5.74, 6) is -0.465. The minimum absolute atomic E-state index is 0.0407. The molecule has 7 heteroatoms. The van der Waals surface area contributed by atoms with Crippen molar-refractivity contribution >= 4 is 21.6 Å². The molecule has 1 aliphatic heterocycles. The molecule has 1 saturated heterocycles. The second-order valence-electron chi connectivity index (χ2n) is 4.76. The molecule has 0 spiro atoms. The number of pyridine rings is 1. The summed E-state index contributed by atoms with van der Waals surface area (Å²) < 4.78 is 22.9. The summed E-state index contributed by atoms with van der Waals surface area (Å²) in [5, 5.41) is 11.9. The SMILES string of the molecule is CC1(Nc2cc(C(=O)O)ccn2)CCS(=O)(=O)C1. The summed E-state index contributed by atoms with van der Waals surface area (Å²) in [6.45, 7) is 1.80. The smallest absolute Gasteiger partial charge is 0.335 e. The van der Waals surface area contributed by atoms with Crippen molar-refractivity contribution in [3.05, 3.63) is 23.9 Å². The zero-order chi connectivity index (χ0) is 13.4. The fourth-order valence-corrected chi connectivity index (χ4v) is 4.14. The zero-order valence-electron chi connectivity index (χ0n) is 9.88. The normalized spacial score (nSPS) is 25.8. The Morgan fingerprint density at radius 2 is 2.28 bits per heavy atom. The van der Waals surface area contributed by atoms with Crippen LogP contribution in [0.1, 0.15) is 23.7 Å². The lowest BCUT2D eigenvalue weighted by Crippen LogP contribution is -2.36. The third kappa shape index (κ3) is 2.79. The van der Waals surface area contributed by atoms with Gasteiger partial charge in [0.1, 0.15) is 5.82 Å². The number of carboxylic acid groups (broad SMARTS) is 1. The van der Waals surface area contributed by atoms with Gasteiger partial charge in [-0.3, -0.25) is 0 Å². The molecule has 18 heavy (non-hydrogen) atoms. The van der Waals surface area contributed by atoms with Gasteiger partial charge < -0.3 is 10.4 Å². The average molecular weight is 270 g/mol. The maximum atomic E-state index is 11.5. The fraction of sp³-hybridized carbons (Fsp3) is 0.455. The number of anilines is 1. The van der Waals surface area contributed by atoms with Gasteiger partial charge in [0, 0.05) is 6.20 Å². The number of sulfone groups is 1. The lowest BCUT2D eigenvalue weighted by atomic mass is 10.0. The van der Waals surface area contributed by atoms with Gasteiger partial charge in [-0.05, 0) is 25.5 Å². The van der Waals surface area contributed by atoms with E-state index in [4.69, 9.17) is 5.11 Å². The Labute approximate surface area is 105 Å². The van der Waals surface area contributed by atoms with E-state index in [1.165, 1.54) is 18.3 Å². The molecular weight excluding hydrogens is 256 g/mol. The van der Waals surface area contributed by atoms with Gasteiger partial charge in [0.25, 0.3) is 0 Å². The van der Waals surface area contributed by atoms with Gasteiger partial charge in [-0.2, -0.15) is 0 Å². The quantitative estimate of drug-likeness (QED) is 0.842. The summed E-state index contributed by atoms with van der Waals surface area (Å²) in [4.78, 5) is 14.8. The number of carboxylic acids is 1. The first kappa shape index (κ1) is 12.8. The van der Waals surface area contributed by atoms with E-state index >= 15 is 0 Å². The van der Waals surface area contributed by atoms with E-state index in [0.29, 0.717) is 12.2 Å². The molecule has 0 aliphatic carbocycles. The average Bonchev–Trinajstić information content (AvgIpc) is 2.53. The van der Waals surface area contributed by atoms with E-state index in [0.717, 1.165) is 0 Å². The van der Waals surface area contributed by atoms with Crippen LogP contribution >= 0.6 is 0 Å². The van der Waals surface area contributed by atoms with Crippen molar-refractivity contribution in [3.63, 3.8) is 0 Å². The molecule has 2 N–H and O–H groups in total. The molecule has 1 fully saturated rings. The van der Waals surface area contributed by atoms with Crippen molar-refractivity contribution in [2.75, 3.05) is 16.8 Å². The van der Waals surface area contributed by atoms with E-state index in [1.54, 1.807) is 6.92 Å². The van der Waals surface area contributed by atoms with Crippen LogP contribution in [0.25, 0.3) is 0 Å². The van der Waals surface area contributed by atoms with Gasteiger partial charge in [-0.25, -0.2) is 18.2 Å². The second-order valence-corrected chi connectivity index (χ2v) is 6.95. The molecule has 0 bridgehead atoms. The first-order valence-corrected chi connectivity index (χ1v) is 7.30. The summed E-state index contributed by atoms with van der Waals surface area (Å²) in [6, 6.07) is 2.79. The predicted molar refractivity (Wildman–Crippen MR) is 66.5 cm³/mol. The van der Waals surface area contributed by atoms with Crippen LogP contribution in [0.5, 0.6) is 0 Å². The van der Waals surface area contributed by atoms with Crippen molar-refractivity contribution in [2.24, 2.45) is 0 Å². The molecule has 1 atom stereocenters. The van der Waals surface area contributed by atoms with Crippen LogP contribution in [0.3, 0.4) is 0 Å². The topological polar surface area (TPSA) is 96.4 Å². The van der Waals surface area contributed by atoms with E-state index in [1.807, 2.05) is 0 Å². The molecule has 2 heterocycles. The van der Waals surface area contributed by atoms with Gasteiger partial charge in [-0.1, -0.05) is 0 Å². The Kier molecular flexibility index (Phi) is 3.02. The van der Waals surface area contributed by atoms with Crippen molar-refractivity contribution < 1.29 is 18.3 Å². The molecule has 1 aliphatic rings. The van der Waals surface area contributed by atoms with Gasteiger partial charge in [0.15, 0.2) is 9.84 Å². The molecule has 0 radical (unpaired) electrons. The molecular formula is C11H14N2O4S. The van der Waals surface area contributed by atoms with E-state index in [2.05, 4.69) is 10.3 Å². The van der Waals surface area contributed by atoms with Crippen molar-refractivity contribution in [2.45, 2.75) is 18.9 Å². The Morgan fingerprint density at radius 3 is 2.83 bits per heavy atom. The number of aromatic nitrogens is 1. The molecule has 0 aromatic carbocycles. The predicted octanol–water partition coefficient (Wildman–Crippen LogP) is 0.769. The summed E-state index contributed by atoms with van der Waals surface area (Å²) in [7, 11) is -3.01. The van der Waals surface area contributed by atoms with Crippen molar-refractivity contribution in [1.82, 2.24) is 4.98 Å². The molecule has 2 rings (SSSR count). The van der Waals surface area contributed by atoms with E-state index < -0.39 is 21.3 Å². The van der Waals surface area contributed by atoms with Crippen LogP contribution in [0.15, 0.2) is 18.3 Å². The van der Waals surface area contributed by atoms with E-state index in [-0.39, 0.29) is 17.1 Å². The number of rotatable bonds is 3. The third-order valence-corrected chi connectivity index (χ3v) is 4.84. The first-order valence-electron chi connectivity index (χ1n) is 5.48. The molecule has 1 aromatic heterocycles. The van der Waals surface area contributed by atoms with Crippen LogP contribution in [-0.2, 0) is 9.84 Å². The van der Waals surface area contributed by atoms with Gasteiger partial charge in [0.05, 0.1) is 22.6 Å². The van der Waals surface area contributed by atoms with Gasteiger partial charge >= 0.3 is 5.97 Å². The van der Waals surface area contributed by atoms with Crippen LogP contribution in [0.4, 0.5) is 5.82 Å². The first-order chi connectivity index (χ1) is 8.30. The number of hydrogen-bond donors (Lipinski definition) is 2. The van der Waals surface area contributed by atoms with Crippen LogP contribution in [-0.4, -0.2) is 41.5 Å². The molecule has 98 valence electrons. The number of aromatic carboxylic acids is 1. The highest BCUT2D eigenvalue weighted by Gasteiger charge is 2.38. The van der Waals surface area contributed by atoms with Gasteiger partial charge in [0.2, 0.25) is 0 Å². The summed E-state index contributed by atoms with van der Waals surface area (Å²) in [6.07, 6.45) is 1.88. The molecule has 1 unspecified atom stereocenters. The standard InChI is InChI=1S/C11H14N2O4S/c1-11(3-5-18(16,17)7-11)13-9-6-8(10(14)15)2-4-12-9/h2,4,6H,3,5,7H2,1H3,(H,12,13)(H,14,15). The number of carbonyl (C=O) groups is 1. The molecule has 0 amide bonds. The summed E-state index contributed by atoms with van der Waals surface area (Å²) >= 11 is 0. The number of hydrogen-bond acceptors (Lipinski definition) is 5. The van der Waals surface area contributed by atoms with Crippen molar-refractivity contribution in [3.8, 4) is 0 Å². The second kappa shape index (κ2) is 4.24. The van der Waals surface area contributed by atoms with Crippen molar-refractivity contribution in [1.29, 1.82) is 0 Å². The minimum Gasteiger partial charge on any atom is -0.478 e. The maximum Gasteiger partial charge on any atom is 0.335 e. The highest BCUT2D eigenvalue weighted by molar-refractivity contribution is 7.91. The van der Waals surface area contributed by atoms with Crippen LogP contribution < -0.4 is 5.32 Å². The highest BCUT2D eigenvalue weighted by atomic mass is 32.2. The highest BCUT2D eigenvalue weighted by Crippen LogP contribution is 2.26. The largest absolute Gasteiger partial charge is 0.478 e. The van der Waals surface area contributed by atoms with E-state index in [9.17, 15) is 13.2 Å². The lowest BCUT2D eigenvalue weighted by Gasteiger charge is -2.24. The van der Waals surface area contributed by atoms with Gasteiger partial charge in [-0.15, -0.1) is 0 Å². The Balaban J connectivity index is 2.20. The molecule has 1 aromatic rings. The van der Waals surface area contributed by atoms with Crippen LogP contribution in [0.2, 0.25) is 0 Å². The summed E-state index contributed by atoms with van der Waals surface area (Å²) in [5.41, 5.74) is -0.458. The third-order valence-electron chi connectivity index (χ3n) is 2.94. The Morgan fingerprint density at radius 1 is 1.56 bits per heavy atom. The Hall–Kier alpha value is -1.63. The minimum atomic E-state index is -3.01. The van der Waals surface area contributed by atoms with Crippen LogP contribution in [0, 0.1) is 0 Å². The fourth-order valence-electron chi connectivity index (χ4n) is 2.05. The zero-order valence-corrected chi connectivity index (χ0v) is 10.7. The maximum absolute atomic E-state index is 11.5.